The molecule has 4 heteroatoms. The lowest BCUT2D eigenvalue weighted by molar-refractivity contribution is -0.137. The second-order valence-corrected chi connectivity index (χ2v) is 6.30. The lowest BCUT2D eigenvalue weighted by Gasteiger charge is -2.30. The van der Waals surface area contributed by atoms with Crippen LogP contribution in [0.15, 0.2) is 17.1 Å². The third-order valence-electron chi connectivity index (χ3n) is 4.41. The number of aliphatic carboxylic acids is 1. The highest BCUT2D eigenvalue weighted by Gasteiger charge is 2.35. The van der Waals surface area contributed by atoms with Crippen molar-refractivity contribution in [3.8, 4) is 0 Å². The first kappa shape index (κ1) is 18.9. The van der Waals surface area contributed by atoms with Gasteiger partial charge >= 0.3 is 5.97 Å². The van der Waals surface area contributed by atoms with Gasteiger partial charge in [0, 0.05) is 12.6 Å². The fraction of sp³-hybridized carbons (Fsp3) is 0.778. The maximum atomic E-state index is 10.5. The Labute approximate surface area is 134 Å². The second kappa shape index (κ2) is 10.5. The van der Waals surface area contributed by atoms with Gasteiger partial charge in [-0.2, -0.15) is 0 Å². The minimum absolute atomic E-state index is 0.228. The van der Waals surface area contributed by atoms with Crippen LogP contribution in [0.4, 0.5) is 0 Å². The summed E-state index contributed by atoms with van der Waals surface area (Å²) >= 11 is 0. The maximum Gasteiger partial charge on any atom is 0.303 e. The molecule has 4 nitrogen and oxygen atoms in total. The van der Waals surface area contributed by atoms with E-state index in [0.717, 1.165) is 32.1 Å². The Morgan fingerprint density at radius 1 is 1.14 bits per heavy atom. The van der Waals surface area contributed by atoms with Crippen LogP contribution in [0, 0.1) is 0 Å². The zero-order valence-electron chi connectivity index (χ0n) is 13.8. The van der Waals surface area contributed by atoms with Gasteiger partial charge in [0.2, 0.25) is 0 Å². The Hall–Kier alpha value is -1.16. The van der Waals surface area contributed by atoms with E-state index in [-0.39, 0.29) is 6.42 Å². The fourth-order valence-electron chi connectivity index (χ4n) is 3.00. The molecule has 2 atom stereocenters. The average molecular weight is 309 g/mol. The molecule has 126 valence electrons. The number of carboxylic acids is 1. The maximum absolute atomic E-state index is 10.5. The van der Waals surface area contributed by atoms with Crippen LogP contribution >= 0.6 is 0 Å². The van der Waals surface area contributed by atoms with Crippen molar-refractivity contribution < 1.29 is 15.0 Å². The van der Waals surface area contributed by atoms with Gasteiger partial charge in [-0.1, -0.05) is 57.9 Å². The summed E-state index contributed by atoms with van der Waals surface area (Å²) in [6.45, 7) is 2.20. The summed E-state index contributed by atoms with van der Waals surface area (Å²) in [7, 11) is 0. The first-order chi connectivity index (χ1) is 10.6. The topological polar surface area (TPSA) is 69.9 Å². The van der Waals surface area contributed by atoms with E-state index in [4.69, 9.17) is 5.11 Å². The number of aliphatic hydroxyl groups is 1. The molecule has 22 heavy (non-hydrogen) atoms. The molecule has 0 radical (unpaired) electrons. The molecule has 0 aromatic heterocycles. The summed E-state index contributed by atoms with van der Waals surface area (Å²) < 4.78 is 0. The molecule has 2 unspecified atom stereocenters. The van der Waals surface area contributed by atoms with Crippen molar-refractivity contribution in [2.75, 3.05) is 0 Å². The second-order valence-electron chi connectivity index (χ2n) is 6.30. The third-order valence-corrected chi connectivity index (χ3v) is 4.41. The van der Waals surface area contributed by atoms with Crippen LogP contribution in [0.5, 0.6) is 0 Å². The van der Waals surface area contributed by atoms with E-state index in [1.165, 1.54) is 25.7 Å². The molecule has 0 spiro atoms. The van der Waals surface area contributed by atoms with Gasteiger partial charge in [-0.15, -0.1) is 0 Å². The van der Waals surface area contributed by atoms with Crippen molar-refractivity contribution >= 4 is 12.2 Å². The number of carbonyl (C=O) groups is 1. The van der Waals surface area contributed by atoms with Gasteiger partial charge in [-0.05, 0) is 25.3 Å². The first-order valence-corrected chi connectivity index (χ1v) is 8.73. The molecule has 0 saturated heterocycles. The first-order valence-electron chi connectivity index (χ1n) is 8.73. The molecule has 0 amide bonds. The molecule has 0 aliphatic carbocycles. The van der Waals surface area contributed by atoms with Crippen LogP contribution in [0.2, 0.25) is 0 Å². The van der Waals surface area contributed by atoms with E-state index in [1.807, 2.05) is 12.2 Å². The zero-order valence-corrected chi connectivity index (χ0v) is 13.8. The Morgan fingerprint density at radius 3 is 2.50 bits per heavy atom. The molecule has 0 aromatic carbocycles. The van der Waals surface area contributed by atoms with Crippen LogP contribution in [-0.2, 0) is 4.79 Å². The lowest BCUT2D eigenvalue weighted by Crippen LogP contribution is -2.37. The van der Waals surface area contributed by atoms with Crippen molar-refractivity contribution in [3.05, 3.63) is 12.2 Å². The zero-order chi connectivity index (χ0) is 16.3. The van der Waals surface area contributed by atoms with Gasteiger partial charge in [0.15, 0.2) is 0 Å². The standard InChI is InChI=1S/C18H31NO3/c1-2-3-4-5-7-11-16(20)18(14-10-15-19-18)13-9-6-8-12-17(21)22/h10,14-16,20H,2-9,11-13H2,1H3,(H,21,22). The highest BCUT2D eigenvalue weighted by Crippen LogP contribution is 2.31. The Morgan fingerprint density at radius 2 is 1.86 bits per heavy atom. The van der Waals surface area contributed by atoms with E-state index in [9.17, 15) is 9.90 Å². The van der Waals surface area contributed by atoms with Crippen molar-refractivity contribution in [3.63, 3.8) is 0 Å². The van der Waals surface area contributed by atoms with Crippen molar-refractivity contribution in [1.82, 2.24) is 0 Å². The van der Waals surface area contributed by atoms with E-state index in [2.05, 4.69) is 11.9 Å². The molecular formula is C18H31NO3. The quantitative estimate of drug-likeness (QED) is 0.503. The molecule has 0 saturated carbocycles. The summed E-state index contributed by atoms with van der Waals surface area (Å²) in [5.41, 5.74) is -0.464. The molecule has 0 aromatic rings. The SMILES string of the molecule is CCCCCCCC(O)C1(CCCCCC(=O)O)C=CC=N1. The molecule has 0 fully saturated rings. The summed E-state index contributed by atoms with van der Waals surface area (Å²) in [5, 5.41) is 19.2. The lowest BCUT2D eigenvalue weighted by atomic mass is 9.85. The summed E-state index contributed by atoms with van der Waals surface area (Å²) in [5.74, 6) is -0.736. The fourth-order valence-corrected chi connectivity index (χ4v) is 3.00. The van der Waals surface area contributed by atoms with Gasteiger partial charge in [0.1, 0.15) is 5.54 Å². The Balaban J connectivity index is 2.31. The molecule has 1 aliphatic heterocycles. The number of nitrogens with zero attached hydrogens (tertiary/aromatic N) is 1. The predicted octanol–water partition coefficient (Wildman–Crippen LogP) is 4.12. The molecule has 1 rings (SSSR count). The predicted molar refractivity (Wildman–Crippen MR) is 90.5 cm³/mol. The number of aliphatic hydroxyl groups excluding tert-OH is 1. The largest absolute Gasteiger partial charge is 0.481 e. The van der Waals surface area contributed by atoms with Gasteiger partial charge < -0.3 is 10.2 Å². The Bertz CT molecular complexity index is 365. The number of hydrogen-bond acceptors (Lipinski definition) is 3. The summed E-state index contributed by atoms with van der Waals surface area (Å²) in [6.07, 6.45) is 15.5. The normalized spacial score (nSPS) is 21.4. The third kappa shape index (κ3) is 6.73. The van der Waals surface area contributed by atoms with Crippen LogP contribution in [-0.4, -0.2) is 34.0 Å². The van der Waals surface area contributed by atoms with Crippen molar-refractivity contribution in [1.29, 1.82) is 0 Å². The number of hydrogen-bond donors (Lipinski definition) is 2. The van der Waals surface area contributed by atoms with Crippen LogP contribution in [0.25, 0.3) is 0 Å². The summed E-state index contributed by atoms with van der Waals surface area (Å²) in [6, 6.07) is 0. The number of allylic oxidation sites excluding steroid dienone is 1. The van der Waals surface area contributed by atoms with Crippen molar-refractivity contribution in [2.45, 2.75) is 89.2 Å². The molecule has 1 heterocycles. The smallest absolute Gasteiger partial charge is 0.303 e. The molecular weight excluding hydrogens is 278 g/mol. The summed E-state index contributed by atoms with van der Waals surface area (Å²) in [4.78, 5) is 15.0. The van der Waals surface area contributed by atoms with E-state index < -0.39 is 17.6 Å². The minimum atomic E-state index is -0.736. The van der Waals surface area contributed by atoms with Crippen LogP contribution in [0.1, 0.15) is 77.6 Å². The van der Waals surface area contributed by atoms with Gasteiger partial charge in [0.05, 0.1) is 6.10 Å². The number of rotatable bonds is 13. The highest BCUT2D eigenvalue weighted by molar-refractivity contribution is 5.75. The van der Waals surface area contributed by atoms with E-state index in [1.54, 1.807) is 6.21 Å². The van der Waals surface area contributed by atoms with Crippen LogP contribution in [0.3, 0.4) is 0 Å². The van der Waals surface area contributed by atoms with E-state index in [0.29, 0.717) is 6.42 Å². The number of carboxylic acid groups (broad SMARTS) is 1. The number of unbranched alkanes of at least 4 members (excludes halogenated alkanes) is 6. The average Bonchev–Trinajstić information content (AvgIpc) is 2.96. The number of aliphatic imine (C=N–C) groups is 1. The van der Waals surface area contributed by atoms with Gasteiger partial charge in [-0.3, -0.25) is 9.79 Å². The van der Waals surface area contributed by atoms with Gasteiger partial charge in [-0.25, -0.2) is 0 Å². The van der Waals surface area contributed by atoms with Crippen LogP contribution < -0.4 is 0 Å². The molecule has 1 aliphatic rings. The minimum Gasteiger partial charge on any atom is -0.481 e. The van der Waals surface area contributed by atoms with E-state index >= 15 is 0 Å². The van der Waals surface area contributed by atoms with Gasteiger partial charge in [0.25, 0.3) is 0 Å². The highest BCUT2D eigenvalue weighted by atomic mass is 16.4. The Kier molecular flexibility index (Phi) is 9.05. The monoisotopic (exact) mass is 309 g/mol. The molecule has 0 bridgehead atoms. The molecule has 2 N–H and O–H groups in total. The van der Waals surface area contributed by atoms with Crippen molar-refractivity contribution in [2.24, 2.45) is 4.99 Å².